The van der Waals surface area contributed by atoms with Gasteiger partial charge in [-0.2, -0.15) is 5.26 Å². The van der Waals surface area contributed by atoms with Gasteiger partial charge in [0.15, 0.2) is 0 Å². The normalized spacial score (nSPS) is 10.1. The second kappa shape index (κ2) is 5.64. The first-order valence-corrected chi connectivity index (χ1v) is 5.77. The molecule has 0 unspecified atom stereocenters. The second-order valence-corrected chi connectivity index (χ2v) is 4.54. The van der Waals surface area contributed by atoms with E-state index in [1.807, 2.05) is 37.3 Å². The summed E-state index contributed by atoms with van der Waals surface area (Å²) in [7, 11) is 3.81. The van der Waals surface area contributed by atoms with Gasteiger partial charge in [0, 0.05) is 19.0 Å². The highest BCUT2D eigenvalue weighted by Gasteiger charge is 2.07. The molecule has 0 atom stereocenters. The van der Waals surface area contributed by atoms with Crippen LogP contribution >= 0.6 is 11.8 Å². The Morgan fingerprint density at radius 3 is 2.73 bits per heavy atom. The van der Waals surface area contributed by atoms with E-state index in [-0.39, 0.29) is 0 Å². The number of nitrogens with zero attached hydrogens (tertiary/aromatic N) is 2. The Hall–Kier alpha value is -1.18. The van der Waals surface area contributed by atoms with Crippen LogP contribution in [0.25, 0.3) is 0 Å². The number of nitriles is 1. The molecule has 1 aromatic rings. The Kier molecular flexibility index (Phi) is 4.47. The van der Waals surface area contributed by atoms with Gasteiger partial charge in [0.2, 0.25) is 0 Å². The molecule has 3 nitrogen and oxygen atoms in total. The molecule has 0 bridgehead atoms. The number of benzene rings is 1. The fourth-order valence-electron chi connectivity index (χ4n) is 1.26. The van der Waals surface area contributed by atoms with Gasteiger partial charge >= 0.3 is 0 Å². The van der Waals surface area contributed by atoms with E-state index < -0.39 is 0 Å². The summed E-state index contributed by atoms with van der Waals surface area (Å²) >= 11 is 1.69. The van der Waals surface area contributed by atoms with Crippen molar-refractivity contribution in [1.82, 2.24) is 5.01 Å². The molecule has 0 radical (unpaired) electrons. The van der Waals surface area contributed by atoms with Gasteiger partial charge in [-0.3, -0.25) is 0 Å². The molecule has 0 saturated heterocycles. The van der Waals surface area contributed by atoms with Gasteiger partial charge in [0.25, 0.3) is 0 Å². The third-order valence-corrected chi connectivity index (χ3v) is 2.72. The molecule has 0 aliphatic carbocycles. The number of thioether (sulfide) groups is 1. The third kappa shape index (κ3) is 3.15. The number of hydrazine groups is 1. The van der Waals surface area contributed by atoms with Crippen LogP contribution in [0.2, 0.25) is 0 Å². The first-order valence-electron chi connectivity index (χ1n) is 4.79. The smallest absolute Gasteiger partial charge is 0.103 e. The number of anilines is 1. The molecule has 1 N–H and O–H groups in total. The molecule has 0 saturated carbocycles. The lowest BCUT2D eigenvalue weighted by atomic mass is 10.2. The summed E-state index contributed by atoms with van der Waals surface area (Å²) in [5.41, 5.74) is 4.70. The van der Waals surface area contributed by atoms with Crippen LogP contribution in [0.3, 0.4) is 0 Å². The van der Waals surface area contributed by atoms with Crippen molar-refractivity contribution in [2.75, 3.05) is 25.3 Å². The molecule has 0 fully saturated rings. The van der Waals surface area contributed by atoms with Gasteiger partial charge in [-0.25, -0.2) is 5.01 Å². The molecule has 80 valence electrons. The lowest BCUT2D eigenvalue weighted by Crippen LogP contribution is -2.20. The van der Waals surface area contributed by atoms with Crippen LogP contribution in [0.5, 0.6) is 0 Å². The van der Waals surface area contributed by atoms with Crippen LogP contribution in [0, 0.1) is 11.3 Å². The highest BCUT2D eigenvalue weighted by atomic mass is 32.2. The monoisotopic (exact) mass is 221 g/mol. The maximum absolute atomic E-state index is 9.12. The van der Waals surface area contributed by atoms with Crippen molar-refractivity contribution in [3.05, 3.63) is 23.8 Å². The molecule has 0 aromatic heterocycles. The molecule has 0 aliphatic heterocycles. The molecule has 0 heterocycles. The van der Waals surface area contributed by atoms with E-state index in [1.165, 1.54) is 0 Å². The molecular weight excluding hydrogens is 206 g/mol. The minimum Gasteiger partial charge on any atom is -0.318 e. The SMILES string of the molecule is CCSc1cccc(NN(C)C)c1C#N. The zero-order chi connectivity index (χ0) is 11.3. The van der Waals surface area contributed by atoms with E-state index in [2.05, 4.69) is 18.4 Å². The summed E-state index contributed by atoms with van der Waals surface area (Å²) in [6, 6.07) is 8.10. The number of hydrogen-bond donors (Lipinski definition) is 1. The summed E-state index contributed by atoms with van der Waals surface area (Å²) in [4.78, 5) is 1.03. The predicted octanol–water partition coefficient (Wildman–Crippen LogP) is 2.56. The maximum Gasteiger partial charge on any atom is 0.103 e. The van der Waals surface area contributed by atoms with Gasteiger partial charge < -0.3 is 5.43 Å². The molecule has 1 aromatic carbocycles. The first kappa shape index (κ1) is 11.9. The van der Waals surface area contributed by atoms with Gasteiger partial charge in [0.05, 0.1) is 11.3 Å². The van der Waals surface area contributed by atoms with Crippen LogP contribution in [-0.2, 0) is 0 Å². The molecule has 4 heteroatoms. The molecule has 0 aliphatic rings. The quantitative estimate of drug-likeness (QED) is 0.626. The van der Waals surface area contributed by atoms with Crippen molar-refractivity contribution in [1.29, 1.82) is 5.26 Å². The van der Waals surface area contributed by atoms with E-state index in [0.717, 1.165) is 21.9 Å². The molecular formula is C11H15N3S. The molecule has 1 rings (SSSR count). The average molecular weight is 221 g/mol. The summed E-state index contributed by atoms with van der Waals surface area (Å²) in [5.74, 6) is 0.972. The highest BCUT2D eigenvalue weighted by molar-refractivity contribution is 7.99. The van der Waals surface area contributed by atoms with Crippen molar-refractivity contribution in [2.45, 2.75) is 11.8 Å². The highest BCUT2D eigenvalue weighted by Crippen LogP contribution is 2.27. The van der Waals surface area contributed by atoms with E-state index in [0.29, 0.717) is 0 Å². The fourth-order valence-corrected chi connectivity index (χ4v) is 2.04. The van der Waals surface area contributed by atoms with Crippen molar-refractivity contribution in [3.8, 4) is 6.07 Å². The molecule has 0 spiro atoms. The van der Waals surface area contributed by atoms with Crippen LogP contribution in [0.1, 0.15) is 12.5 Å². The van der Waals surface area contributed by atoms with Crippen molar-refractivity contribution in [2.24, 2.45) is 0 Å². The van der Waals surface area contributed by atoms with E-state index in [4.69, 9.17) is 5.26 Å². The van der Waals surface area contributed by atoms with Crippen molar-refractivity contribution in [3.63, 3.8) is 0 Å². The predicted molar refractivity (Wildman–Crippen MR) is 64.9 cm³/mol. The Morgan fingerprint density at radius 1 is 1.47 bits per heavy atom. The Morgan fingerprint density at radius 2 is 2.20 bits per heavy atom. The largest absolute Gasteiger partial charge is 0.318 e. The van der Waals surface area contributed by atoms with Gasteiger partial charge in [0.1, 0.15) is 6.07 Å². The second-order valence-electron chi connectivity index (χ2n) is 3.23. The van der Waals surface area contributed by atoms with Crippen LogP contribution < -0.4 is 5.43 Å². The maximum atomic E-state index is 9.12. The zero-order valence-corrected chi connectivity index (χ0v) is 10.1. The Labute approximate surface area is 95.1 Å². The summed E-state index contributed by atoms with van der Waals surface area (Å²) < 4.78 is 0. The summed E-state index contributed by atoms with van der Waals surface area (Å²) in [6.45, 7) is 2.08. The van der Waals surface area contributed by atoms with Crippen LogP contribution in [0.4, 0.5) is 5.69 Å². The van der Waals surface area contributed by atoms with Gasteiger partial charge in [-0.1, -0.05) is 13.0 Å². The summed E-state index contributed by atoms with van der Waals surface area (Å²) in [5, 5.41) is 10.9. The van der Waals surface area contributed by atoms with Gasteiger partial charge in [-0.15, -0.1) is 11.8 Å². The van der Waals surface area contributed by atoms with E-state index >= 15 is 0 Å². The third-order valence-electron chi connectivity index (χ3n) is 1.78. The van der Waals surface area contributed by atoms with Crippen LogP contribution in [0.15, 0.2) is 23.1 Å². The average Bonchev–Trinajstić information content (AvgIpc) is 2.18. The lowest BCUT2D eigenvalue weighted by Gasteiger charge is -2.15. The van der Waals surface area contributed by atoms with Crippen molar-refractivity contribution < 1.29 is 0 Å². The molecule has 15 heavy (non-hydrogen) atoms. The Balaban J connectivity index is 3.06. The molecule has 0 amide bonds. The first-order chi connectivity index (χ1) is 7.19. The minimum atomic E-state index is 0.720. The van der Waals surface area contributed by atoms with Gasteiger partial charge in [-0.05, 0) is 17.9 Å². The van der Waals surface area contributed by atoms with Crippen LogP contribution in [-0.4, -0.2) is 24.9 Å². The topological polar surface area (TPSA) is 39.1 Å². The summed E-state index contributed by atoms with van der Waals surface area (Å²) in [6.07, 6.45) is 0. The van der Waals surface area contributed by atoms with E-state index in [9.17, 15) is 0 Å². The number of nitrogens with one attached hydrogen (secondary N) is 1. The number of hydrogen-bond acceptors (Lipinski definition) is 4. The number of rotatable bonds is 4. The fraction of sp³-hybridized carbons (Fsp3) is 0.364. The minimum absolute atomic E-state index is 0.720. The lowest BCUT2D eigenvalue weighted by molar-refractivity contribution is 0.495. The van der Waals surface area contributed by atoms with E-state index in [1.54, 1.807) is 11.8 Å². The zero-order valence-electron chi connectivity index (χ0n) is 9.24. The van der Waals surface area contributed by atoms with Crippen molar-refractivity contribution >= 4 is 17.4 Å². The Bertz CT molecular complexity index is 369. The standard InChI is InChI=1S/C11H15N3S/c1-4-15-11-7-5-6-10(9(11)8-12)13-14(2)3/h5-7,13H,4H2,1-3H3.